The Hall–Kier alpha value is -1.51. The third-order valence-corrected chi connectivity index (χ3v) is 3.46. The van der Waals surface area contributed by atoms with Crippen LogP contribution in [0.5, 0.6) is 5.75 Å². The maximum absolute atomic E-state index is 5.87. The van der Waals surface area contributed by atoms with E-state index in [9.17, 15) is 0 Å². The van der Waals surface area contributed by atoms with Gasteiger partial charge in [-0.3, -0.25) is 0 Å². The molecule has 0 unspecified atom stereocenters. The molecule has 0 bridgehead atoms. The Labute approximate surface area is 140 Å². The lowest BCUT2D eigenvalue weighted by Crippen LogP contribution is -2.14. The maximum Gasteiger partial charge on any atom is 0.120 e. The molecule has 0 amide bonds. The van der Waals surface area contributed by atoms with Crippen molar-refractivity contribution in [1.82, 2.24) is 5.32 Å². The van der Waals surface area contributed by atoms with Gasteiger partial charge < -0.3 is 10.1 Å². The van der Waals surface area contributed by atoms with E-state index in [1.807, 2.05) is 6.07 Å². The van der Waals surface area contributed by atoms with E-state index in [0.29, 0.717) is 6.61 Å². The summed E-state index contributed by atoms with van der Waals surface area (Å²) in [5.41, 5.74) is 3.75. The zero-order valence-electron chi connectivity index (χ0n) is 13.5. The van der Waals surface area contributed by atoms with Crippen molar-refractivity contribution in [1.29, 1.82) is 0 Å². The number of benzene rings is 2. The summed E-state index contributed by atoms with van der Waals surface area (Å²) < 4.78 is 5.87. The fourth-order valence-electron chi connectivity index (χ4n) is 2.13. The Morgan fingerprint density at radius 1 is 1.00 bits per heavy atom. The van der Waals surface area contributed by atoms with Gasteiger partial charge in [0.25, 0.3) is 0 Å². The monoisotopic (exact) mass is 319 g/mol. The van der Waals surface area contributed by atoms with Crippen molar-refractivity contribution in [2.24, 2.45) is 0 Å². The number of halogens is 1. The second-order valence-electron chi connectivity index (χ2n) is 5.45. The molecule has 1 N–H and O–H groups in total. The third-order valence-electron chi connectivity index (χ3n) is 3.46. The highest BCUT2D eigenvalue weighted by atomic mass is 35.5. The quantitative estimate of drug-likeness (QED) is 0.700. The highest BCUT2D eigenvalue weighted by Crippen LogP contribution is 2.15. The summed E-state index contributed by atoms with van der Waals surface area (Å²) in [4.78, 5) is 0. The van der Waals surface area contributed by atoms with Crippen LogP contribution < -0.4 is 10.1 Å². The van der Waals surface area contributed by atoms with Gasteiger partial charge in [-0.2, -0.15) is 0 Å². The van der Waals surface area contributed by atoms with Crippen LogP contribution in [0.4, 0.5) is 0 Å². The summed E-state index contributed by atoms with van der Waals surface area (Å²) in [7, 11) is 0. The van der Waals surface area contributed by atoms with Crippen molar-refractivity contribution >= 4 is 12.4 Å². The maximum atomic E-state index is 5.87. The summed E-state index contributed by atoms with van der Waals surface area (Å²) in [6, 6.07) is 16.8. The molecule has 0 aromatic heterocycles. The van der Waals surface area contributed by atoms with Crippen molar-refractivity contribution in [3.8, 4) is 5.75 Å². The number of nitrogens with one attached hydrogen (secondary N) is 1. The number of rotatable bonds is 8. The average molecular weight is 320 g/mol. The van der Waals surface area contributed by atoms with Crippen molar-refractivity contribution in [2.75, 3.05) is 6.54 Å². The lowest BCUT2D eigenvalue weighted by molar-refractivity contribution is 0.306. The number of hydrogen-bond donors (Lipinski definition) is 1. The number of unbranched alkanes of at least 4 members (excludes halogenated alkanes) is 1. The molecule has 0 aliphatic rings. The van der Waals surface area contributed by atoms with Gasteiger partial charge in [-0.15, -0.1) is 12.4 Å². The van der Waals surface area contributed by atoms with Crippen LogP contribution >= 0.6 is 12.4 Å². The fraction of sp³-hybridized carbons (Fsp3) is 0.368. The second-order valence-corrected chi connectivity index (χ2v) is 5.45. The van der Waals surface area contributed by atoms with Gasteiger partial charge in [0.2, 0.25) is 0 Å². The van der Waals surface area contributed by atoms with Gasteiger partial charge in [-0.1, -0.05) is 55.3 Å². The van der Waals surface area contributed by atoms with E-state index < -0.39 is 0 Å². The Morgan fingerprint density at radius 2 is 1.77 bits per heavy atom. The van der Waals surface area contributed by atoms with E-state index in [1.54, 1.807) is 0 Å². The van der Waals surface area contributed by atoms with Crippen LogP contribution in [0.3, 0.4) is 0 Å². The molecule has 0 saturated heterocycles. The minimum atomic E-state index is 0. The molecule has 2 aromatic rings. The smallest absolute Gasteiger partial charge is 0.120 e. The molecule has 3 heteroatoms. The largest absolute Gasteiger partial charge is 0.489 e. The van der Waals surface area contributed by atoms with E-state index in [1.165, 1.54) is 29.5 Å². The molecule has 0 aliphatic heterocycles. The van der Waals surface area contributed by atoms with E-state index in [2.05, 4.69) is 61.6 Å². The standard InChI is InChI=1S/C19H25NO.ClH/c1-3-4-12-20-14-18-6-5-7-19(13-18)21-15-17-10-8-16(2)9-11-17;/h5-11,13,20H,3-4,12,14-15H2,1-2H3;1H. The molecule has 2 aromatic carbocycles. The van der Waals surface area contributed by atoms with Gasteiger partial charge in [0.1, 0.15) is 12.4 Å². The molecular formula is C19H26ClNO. The number of hydrogen-bond acceptors (Lipinski definition) is 2. The van der Waals surface area contributed by atoms with Crippen molar-refractivity contribution in [3.63, 3.8) is 0 Å². The zero-order valence-corrected chi connectivity index (χ0v) is 14.3. The minimum absolute atomic E-state index is 0. The highest BCUT2D eigenvalue weighted by Gasteiger charge is 1.98. The van der Waals surface area contributed by atoms with Crippen LogP contribution in [-0.2, 0) is 13.2 Å². The Morgan fingerprint density at radius 3 is 2.50 bits per heavy atom. The molecule has 0 saturated carbocycles. The molecule has 0 spiro atoms. The lowest BCUT2D eigenvalue weighted by Gasteiger charge is -2.09. The fourth-order valence-corrected chi connectivity index (χ4v) is 2.13. The zero-order chi connectivity index (χ0) is 14.9. The summed E-state index contributed by atoms with van der Waals surface area (Å²) in [5, 5.41) is 3.45. The van der Waals surface area contributed by atoms with Crippen LogP contribution in [0, 0.1) is 6.92 Å². The number of ether oxygens (including phenoxy) is 1. The van der Waals surface area contributed by atoms with Gasteiger partial charge in [0.15, 0.2) is 0 Å². The van der Waals surface area contributed by atoms with Crippen molar-refractivity contribution in [2.45, 2.75) is 39.8 Å². The van der Waals surface area contributed by atoms with Crippen LogP contribution in [0.2, 0.25) is 0 Å². The highest BCUT2D eigenvalue weighted by molar-refractivity contribution is 5.85. The molecule has 0 atom stereocenters. The molecule has 120 valence electrons. The van der Waals surface area contributed by atoms with Gasteiger partial charge in [0, 0.05) is 6.54 Å². The first-order valence-electron chi connectivity index (χ1n) is 7.76. The molecule has 0 heterocycles. The van der Waals surface area contributed by atoms with Gasteiger partial charge in [-0.25, -0.2) is 0 Å². The Balaban J connectivity index is 0.00000242. The first-order chi connectivity index (χ1) is 10.3. The molecule has 0 radical (unpaired) electrons. The normalized spacial score (nSPS) is 10.1. The summed E-state index contributed by atoms with van der Waals surface area (Å²) in [6.45, 7) is 6.90. The van der Waals surface area contributed by atoms with Crippen molar-refractivity contribution in [3.05, 3.63) is 65.2 Å². The van der Waals surface area contributed by atoms with E-state index in [4.69, 9.17) is 4.74 Å². The van der Waals surface area contributed by atoms with E-state index >= 15 is 0 Å². The molecule has 22 heavy (non-hydrogen) atoms. The Kier molecular flexibility index (Phi) is 8.64. The SMILES string of the molecule is CCCCNCc1cccc(OCc2ccc(C)cc2)c1.Cl. The summed E-state index contributed by atoms with van der Waals surface area (Å²) >= 11 is 0. The van der Waals surface area contributed by atoms with Gasteiger partial charge in [0.05, 0.1) is 0 Å². The molecule has 0 aliphatic carbocycles. The predicted octanol–water partition coefficient (Wildman–Crippen LogP) is 4.89. The van der Waals surface area contributed by atoms with Gasteiger partial charge >= 0.3 is 0 Å². The second kappa shape index (κ2) is 10.3. The van der Waals surface area contributed by atoms with Gasteiger partial charge in [-0.05, 0) is 43.1 Å². The van der Waals surface area contributed by atoms with Crippen molar-refractivity contribution < 1.29 is 4.74 Å². The summed E-state index contributed by atoms with van der Waals surface area (Å²) in [6.07, 6.45) is 2.45. The third kappa shape index (κ3) is 6.50. The first kappa shape index (κ1) is 18.5. The first-order valence-corrected chi connectivity index (χ1v) is 7.76. The van der Waals surface area contributed by atoms with E-state index in [-0.39, 0.29) is 12.4 Å². The minimum Gasteiger partial charge on any atom is -0.489 e. The predicted molar refractivity (Wildman–Crippen MR) is 95.8 cm³/mol. The van der Waals surface area contributed by atoms with Crippen LogP contribution in [0.1, 0.15) is 36.5 Å². The van der Waals surface area contributed by atoms with Crippen LogP contribution in [-0.4, -0.2) is 6.54 Å². The van der Waals surface area contributed by atoms with Crippen LogP contribution in [0.25, 0.3) is 0 Å². The van der Waals surface area contributed by atoms with E-state index in [0.717, 1.165) is 18.8 Å². The molecule has 2 nitrogen and oxygen atoms in total. The Bertz CT molecular complexity index is 539. The molecular weight excluding hydrogens is 294 g/mol. The molecule has 2 rings (SSSR count). The summed E-state index contributed by atoms with van der Waals surface area (Å²) in [5.74, 6) is 0.936. The van der Waals surface area contributed by atoms with Crippen LogP contribution in [0.15, 0.2) is 48.5 Å². The molecule has 0 fully saturated rings. The lowest BCUT2D eigenvalue weighted by atomic mass is 10.1. The average Bonchev–Trinajstić information content (AvgIpc) is 2.52. The number of aryl methyl sites for hydroxylation is 1. The topological polar surface area (TPSA) is 21.3 Å².